The van der Waals surface area contributed by atoms with Crippen molar-refractivity contribution in [3.05, 3.63) is 53.0 Å². The monoisotopic (exact) mass is 232 g/mol. The minimum Gasteiger partial charge on any atom is -0.497 e. The molecule has 1 aromatic heterocycles. The number of benzene rings is 1. The molecule has 0 saturated heterocycles. The van der Waals surface area contributed by atoms with Gasteiger partial charge < -0.3 is 14.3 Å². The molecule has 0 fully saturated rings. The normalized spacial score (nSPS) is 12.5. The molecule has 0 bridgehead atoms. The Labute approximate surface area is 101 Å². The Hall–Kier alpha value is -1.74. The molecule has 0 spiro atoms. The number of ether oxygens (including phenoxy) is 1. The first-order valence-corrected chi connectivity index (χ1v) is 5.50. The van der Waals surface area contributed by atoms with Crippen molar-refractivity contribution in [1.82, 2.24) is 0 Å². The fourth-order valence-corrected chi connectivity index (χ4v) is 1.91. The molecule has 90 valence electrons. The highest BCUT2D eigenvalue weighted by Crippen LogP contribution is 2.28. The maximum atomic E-state index is 10.3. The highest BCUT2D eigenvalue weighted by Gasteiger charge is 2.16. The second-order valence-corrected chi connectivity index (χ2v) is 4.05. The number of aliphatic hydroxyl groups is 1. The van der Waals surface area contributed by atoms with Gasteiger partial charge in [0.05, 0.1) is 7.11 Å². The smallest absolute Gasteiger partial charge is 0.119 e. The summed E-state index contributed by atoms with van der Waals surface area (Å²) in [5.41, 5.74) is 1.60. The fourth-order valence-electron chi connectivity index (χ4n) is 1.91. The zero-order valence-corrected chi connectivity index (χ0v) is 10.2. The third kappa shape index (κ3) is 2.34. The third-order valence-corrected chi connectivity index (χ3v) is 2.78. The topological polar surface area (TPSA) is 42.6 Å². The summed E-state index contributed by atoms with van der Waals surface area (Å²) in [5.74, 6) is 2.29. The molecule has 1 heterocycles. The van der Waals surface area contributed by atoms with E-state index >= 15 is 0 Å². The lowest BCUT2D eigenvalue weighted by molar-refractivity contribution is 0.217. The lowest BCUT2D eigenvalue weighted by Gasteiger charge is -2.11. The Morgan fingerprint density at radius 1 is 1.24 bits per heavy atom. The van der Waals surface area contributed by atoms with Gasteiger partial charge in [-0.15, -0.1) is 0 Å². The second kappa shape index (κ2) is 4.63. The van der Waals surface area contributed by atoms with Crippen LogP contribution in [0.5, 0.6) is 5.75 Å². The largest absolute Gasteiger partial charge is 0.497 e. The van der Waals surface area contributed by atoms with Crippen molar-refractivity contribution < 1.29 is 14.3 Å². The molecule has 1 N–H and O–H groups in total. The van der Waals surface area contributed by atoms with E-state index < -0.39 is 6.10 Å². The number of aliphatic hydroxyl groups excluding tert-OH is 1. The zero-order chi connectivity index (χ0) is 12.4. The Bertz CT molecular complexity index is 514. The Morgan fingerprint density at radius 2 is 2.00 bits per heavy atom. The number of furan rings is 1. The SMILES string of the molecule is COc1cccc(C(O)c2cc(C)oc2C)c1. The van der Waals surface area contributed by atoms with Crippen LogP contribution < -0.4 is 4.74 Å². The lowest BCUT2D eigenvalue weighted by atomic mass is 10.0. The molecule has 0 radical (unpaired) electrons. The average Bonchev–Trinajstić information content (AvgIpc) is 2.67. The molecular weight excluding hydrogens is 216 g/mol. The van der Waals surface area contributed by atoms with Gasteiger partial charge in [-0.1, -0.05) is 12.1 Å². The zero-order valence-electron chi connectivity index (χ0n) is 10.2. The number of aryl methyl sites for hydroxylation is 2. The summed E-state index contributed by atoms with van der Waals surface area (Å²) in [6, 6.07) is 9.27. The highest BCUT2D eigenvalue weighted by atomic mass is 16.5. The molecule has 17 heavy (non-hydrogen) atoms. The van der Waals surface area contributed by atoms with Crippen LogP contribution in [0, 0.1) is 13.8 Å². The summed E-state index contributed by atoms with van der Waals surface area (Å²) in [4.78, 5) is 0. The van der Waals surface area contributed by atoms with Gasteiger partial charge in [-0.05, 0) is 37.6 Å². The fraction of sp³-hybridized carbons (Fsp3) is 0.286. The number of hydrogen-bond donors (Lipinski definition) is 1. The number of rotatable bonds is 3. The maximum Gasteiger partial charge on any atom is 0.119 e. The molecule has 0 aliphatic rings. The van der Waals surface area contributed by atoms with E-state index in [0.717, 1.165) is 28.4 Å². The summed E-state index contributed by atoms with van der Waals surface area (Å²) < 4.78 is 10.6. The van der Waals surface area contributed by atoms with Crippen molar-refractivity contribution in [3.63, 3.8) is 0 Å². The van der Waals surface area contributed by atoms with Crippen LogP contribution in [0.3, 0.4) is 0 Å². The van der Waals surface area contributed by atoms with E-state index in [1.54, 1.807) is 7.11 Å². The summed E-state index contributed by atoms with van der Waals surface area (Å²) in [6.07, 6.45) is -0.678. The molecule has 1 atom stereocenters. The molecule has 0 aliphatic heterocycles. The van der Waals surface area contributed by atoms with E-state index in [0.29, 0.717) is 0 Å². The standard InChI is InChI=1S/C14H16O3/c1-9-7-13(10(2)17-9)14(15)11-5-4-6-12(8-11)16-3/h4-8,14-15H,1-3H3. The van der Waals surface area contributed by atoms with Crippen molar-refractivity contribution in [2.45, 2.75) is 20.0 Å². The van der Waals surface area contributed by atoms with Crippen LogP contribution in [0.25, 0.3) is 0 Å². The number of methoxy groups -OCH3 is 1. The molecule has 3 heteroatoms. The second-order valence-electron chi connectivity index (χ2n) is 4.05. The minimum absolute atomic E-state index is 0.678. The van der Waals surface area contributed by atoms with Gasteiger partial charge in [0, 0.05) is 5.56 Å². The lowest BCUT2D eigenvalue weighted by Crippen LogP contribution is -2.00. The predicted molar refractivity (Wildman–Crippen MR) is 65.2 cm³/mol. The molecular formula is C14H16O3. The van der Waals surface area contributed by atoms with Gasteiger partial charge in [-0.2, -0.15) is 0 Å². The van der Waals surface area contributed by atoms with Crippen LogP contribution in [0.15, 0.2) is 34.7 Å². The molecule has 0 aliphatic carbocycles. The molecule has 1 aromatic carbocycles. The van der Waals surface area contributed by atoms with Crippen LogP contribution in [0.1, 0.15) is 28.8 Å². The van der Waals surface area contributed by atoms with Crippen LogP contribution in [0.4, 0.5) is 0 Å². The molecule has 2 rings (SSSR count). The van der Waals surface area contributed by atoms with Crippen LogP contribution in [-0.4, -0.2) is 12.2 Å². The van der Waals surface area contributed by atoms with Crippen LogP contribution in [0.2, 0.25) is 0 Å². The third-order valence-electron chi connectivity index (χ3n) is 2.78. The summed E-state index contributed by atoms with van der Waals surface area (Å²) in [6.45, 7) is 3.72. The van der Waals surface area contributed by atoms with Gasteiger partial charge in [-0.3, -0.25) is 0 Å². The van der Waals surface area contributed by atoms with Crippen molar-refractivity contribution in [2.75, 3.05) is 7.11 Å². The van der Waals surface area contributed by atoms with Crippen LogP contribution in [-0.2, 0) is 0 Å². The van der Waals surface area contributed by atoms with Crippen molar-refractivity contribution in [1.29, 1.82) is 0 Å². The van der Waals surface area contributed by atoms with Gasteiger partial charge in [0.1, 0.15) is 23.4 Å². The molecule has 3 nitrogen and oxygen atoms in total. The van der Waals surface area contributed by atoms with Gasteiger partial charge in [0.2, 0.25) is 0 Å². The van der Waals surface area contributed by atoms with Gasteiger partial charge in [0.25, 0.3) is 0 Å². The molecule has 0 amide bonds. The highest BCUT2D eigenvalue weighted by molar-refractivity contribution is 5.36. The first-order chi connectivity index (χ1) is 8.11. The summed E-state index contributed by atoms with van der Waals surface area (Å²) >= 11 is 0. The molecule has 0 saturated carbocycles. The predicted octanol–water partition coefficient (Wildman–Crippen LogP) is 2.99. The first-order valence-electron chi connectivity index (χ1n) is 5.50. The van der Waals surface area contributed by atoms with Gasteiger partial charge >= 0.3 is 0 Å². The first kappa shape index (κ1) is 11.7. The average molecular weight is 232 g/mol. The van der Waals surface area contributed by atoms with E-state index in [4.69, 9.17) is 9.15 Å². The van der Waals surface area contributed by atoms with E-state index in [9.17, 15) is 5.11 Å². The van der Waals surface area contributed by atoms with Crippen molar-refractivity contribution >= 4 is 0 Å². The Kier molecular flexibility index (Phi) is 3.20. The van der Waals surface area contributed by atoms with Crippen molar-refractivity contribution in [3.8, 4) is 5.75 Å². The van der Waals surface area contributed by atoms with Gasteiger partial charge in [-0.25, -0.2) is 0 Å². The Balaban J connectivity index is 2.36. The van der Waals surface area contributed by atoms with Crippen molar-refractivity contribution in [2.24, 2.45) is 0 Å². The van der Waals surface area contributed by atoms with Crippen LogP contribution >= 0.6 is 0 Å². The number of hydrogen-bond acceptors (Lipinski definition) is 3. The molecule has 2 aromatic rings. The Morgan fingerprint density at radius 3 is 2.59 bits per heavy atom. The quantitative estimate of drug-likeness (QED) is 0.884. The van der Waals surface area contributed by atoms with Gasteiger partial charge in [0.15, 0.2) is 0 Å². The summed E-state index contributed by atoms with van der Waals surface area (Å²) in [7, 11) is 1.61. The van der Waals surface area contributed by atoms with E-state index in [1.165, 1.54) is 0 Å². The minimum atomic E-state index is -0.678. The van der Waals surface area contributed by atoms with E-state index in [1.807, 2.05) is 44.2 Å². The molecule has 1 unspecified atom stereocenters. The maximum absolute atomic E-state index is 10.3. The van der Waals surface area contributed by atoms with E-state index in [-0.39, 0.29) is 0 Å². The summed E-state index contributed by atoms with van der Waals surface area (Å²) in [5, 5.41) is 10.3. The van der Waals surface area contributed by atoms with E-state index in [2.05, 4.69) is 0 Å².